The Labute approximate surface area is 145 Å². The van der Waals surface area contributed by atoms with Crippen molar-refractivity contribution in [2.75, 3.05) is 0 Å². The highest BCUT2D eigenvalue weighted by Crippen LogP contribution is 2.32. The van der Waals surface area contributed by atoms with E-state index in [0.29, 0.717) is 0 Å². The van der Waals surface area contributed by atoms with Crippen LogP contribution in [0.15, 0.2) is 78.9 Å². The number of thiophene rings is 1. The van der Waals surface area contributed by atoms with E-state index in [1.165, 1.54) is 21.4 Å². The summed E-state index contributed by atoms with van der Waals surface area (Å²) in [5.74, 6) is 0. The number of rotatable bonds is 4. The van der Waals surface area contributed by atoms with Crippen LogP contribution in [0.25, 0.3) is 21.2 Å². The molecule has 0 radical (unpaired) electrons. The van der Waals surface area contributed by atoms with Gasteiger partial charge in [-0.25, -0.2) is 0 Å². The van der Waals surface area contributed by atoms with Crippen molar-refractivity contribution in [2.45, 2.75) is 6.42 Å². The molecule has 0 N–H and O–H groups in total. The van der Waals surface area contributed by atoms with E-state index in [1.54, 1.807) is 11.3 Å². The average molecular weight is 328 g/mol. The van der Waals surface area contributed by atoms with Gasteiger partial charge in [-0.2, -0.15) is 0 Å². The molecule has 0 fully saturated rings. The van der Waals surface area contributed by atoms with E-state index >= 15 is 0 Å². The van der Waals surface area contributed by atoms with Crippen molar-refractivity contribution in [3.05, 3.63) is 94.9 Å². The lowest BCUT2D eigenvalue weighted by Gasteiger charge is -2.04. The number of carbonyl (C=O) groups excluding carboxylic acids is 1. The van der Waals surface area contributed by atoms with E-state index in [2.05, 4.69) is 54.6 Å². The molecule has 2 heteroatoms. The summed E-state index contributed by atoms with van der Waals surface area (Å²) in [6, 6.07) is 27.1. The molecular formula is C22H16OS. The first-order valence-electron chi connectivity index (χ1n) is 7.95. The van der Waals surface area contributed by atoms with Gasteiger partial charge in [0, 0.05) is 26.9 Å². The summed E-state index contributed by atoms with van der Waals surface area (Å²) in [7, 11) is 0. The average Bonchev–Trinajstić information content (AvgIpc) is 3.00. The third kappa shape index (κ3) is 2.77. The number of benzene rings is 3. The van der Waals surface area contributed by atoms with Crippen molar-refractivity contribution in [3.8, 4) is 11.1 Å². The second-order valence-electron chi connectivity index (χ2n) is 5.79. The van der Waals surface area contributed by atoms with E-state index in [4.69, 9.17) is 0 Å². The first-order chi connectivity index (χ1) is 11.8. The Hall–Kier alpha value is -2.71. The van der Waals surface area contributed by atoms with Crippen LogP contribution in [0.2, 0.25) is 0 Å². The Balaban J connectivity index is 1.65. The topological polar surface area (TPSA) is 17.1 Å². The molecule has 4 aromatic rings. The van der Waals surface area contributed by atoms with Crippen LogP contribution in [-0.2, 0) is 6.42 Å². The van der Waals surface area contributed by atoms with Crippen LogP contribution < -0.4 is 0 Å². The smallest absolute Gasteiger partial charge is 0.151 e. The van der Waals surface area contributed by atoms with E-state index in [0.717, 1.165) is 28.5 Å². The second-order valence-corrected chi connectivity index (χ2v) is 6.93. The molecule has 116 valence electrons. The lowest BCUT2D eigenvalue weighted by molar-refractivity contribution is 0.112. The number of carbonyl (C=O) groups is 1. The molecular weight excluding hydrogens is 312 g/mol. The fraction of sp³-hybridized carbons (Fsp3) is 0.0455. The molecule has 1 aromatic heterocycles. The molecule has 0 saturated heterocycles. The predicted octanol–water partition coefficient (Wildman–Crippen LogP) is 5.97. The van der Waals surface area contributed by atoms with E-state index in [-0.39, 0.29) is 0 Å². The number of hydrogen-bond acceptors (Lipinski definition) is 2. The van der Waals surface area contributed by atoms with Crippen LogP contribution in [-0.4, -0.2) is 6.29 Å². The summed E-state index contributed by atoms with van der Waals surface area (Å²) >= 11 is 1.71. The Morgan fingerprint density at radius 1 is 0.750 bits per heavy atom. The Morgan fingerprint density at radius 2 is 1.42 bits per heavy atom. The van der Waals surface area contributed by atoms with Gasteiger partial charge in [0.15, 0.2) is 6.29 Å². The molecule has 0 aliphatic carbocycles. The van der Waals surface area contributed by atoms with Crippen molar-refractivity contribution >= 4 is 27.7 Å². The first-order valence-corrected chi connectivity index (χ1v) is 8.77. The monoisotopic (exact) mass is 328 g/mol. The molecule has 0 aliphatic heterocycles. The van der Waals surface area contributed by atoms with Crippen molar-refractivity contribution in [3.63, 3.8) is 0 Å². The highest BCUT2D eigenvalue weighted by Gasteiger charge is 2.11. The van der Waals surface area contributed by atoms with Gasteiger partial charge in [-0.05, 0) is 22.8 Å². The molecule has 1 heterocycles. The van der Waals surface area contributed by atoms with Gasteiger partial charge >= 0.3 is 0 Å². The van der Waals surface area contributed by atoms with Crippen molar-refractivity contribution in [2.24, 2.45) is 0 Å². The summed E-state index contributed by atoms with van der Waals surface area (Å²) in [6.45, 7) is 0. The molecule has 1 nitrogen and oxygen atoms in total. The minimum Gasteiger partial charge on any atom is -0.298 e. The summed E-state index contributed by atoms with van der Waals surface area (Å²) in [4.78, 5) is 12.7. The first kappa shape index (κ1) is 14.9. The Morgan fingerprint density at radius 3 is 2.17 bits per heavy atom. The van der Waals surface area contributed by atoms with Gasteiger partial charge in [-0.3, -0.25) is 4.79 Å². The number of aldehydes is 1. The molecule has 3 aromatic carbocycles. The second kappa shape index (κ2) is 6.42. The largest absolute Gasteiger partial charge is 0.298 e. The van der Waals surface area contributed by atoms with Gasteiger partial charge in [0.25, 0.3) is 0 Å². The van der Waals surface area contributed by atoms with Gasteiger partial charge in [0.1, 0.15) is 0 Å². The Bertz CT molecular complexity index is 982. The Kier molecular flexibility index (Phi) is 3.97. The molecule has 0 amide bonds. The van der Waals surface area contributed by atoms with Gasteiger partial charge < -0.3 is 0 Å². The number of fused-ring (bicyclic) bond motifs is 1. The minimum absolute atomic E-state index is 0.794. The molecule has 24 heavy (non-hydrogen) atoms. The SMILES string of the molecule is O=Cc1c(Cc2ccc(-c3ccccc3)cc2)sc2ccccc12. The van der Waals surface area contributed by atoms with E-state index in [1.807, 2.05) is 24.3 Å². The molecule has 0 unspecified atom stereocenters. The summed E-state index contributed by atoms with van der Waals surface area (Å²) in [5, 5.41) is 1.06. The van der Waals surface area contributed by atoms with Crippen LogP contribution >= 0.6 is 11.3 Å². The lowest BCUT2D eigenvalue weighted by atomic mass is 10.0. The maximum Gasteiger partial charge on any atom is 0.151 e. The zero-order valence-electron chi connectivity index (χ0n) is 13.1. The quantitative estimate of drug-likeness (QED) is 0.422. The minimum atomic E-state index is 0.794. The summed E-state index contributed by atoms with van der Waals surface area (Å²) in [5.41, 5.74) is 4.50. The van der Waals surface area contributed by atoms with Gasteiger partial charge in [0.2, 0.25) is 0 Å². The highest BCUT2D eigenvalue weighted by atomic mass is 32.1. The molecule has 4 rings (SSSR count). The standard InChI is InChI=1S/C22H16OS/c23-15-20-19-8-4-5-9-21(19)24-22(20)14-16-10-12-18(13-11-16)17-6-2-1-3-7-17/h1-13,15H,14H2. The fourth-order valence-corrected chi connectivity index (χ4v) is 4.21. The molecule has 0 saturated carbocycles. The maximum absolute atomic E-state index is 11.5. The van der Waals surface area contributed by atoms with E-state index in [9.17, 15) is 4.79 Å². The normalized spacial score (nSPS) is 10.8. The number of hydrogen-bond donors (Lipinski definition) is 0. The maximum atomic E-state index is 11.5. The highest BCUT2D eigenvalue weighted by molar-refractivity contribution is 7.19. The van der Waals surface area contributed by atoms with Gasteiger partial charge in [0.05, 0.1) is 0 Å². The third-order valence-electron chi connectivity index (χ3n) is 4.25. The van der Waals surface area contributed by atoms with Crippen LogP contribution in [0.1, 0.15) is 20.8 Å². The lowest BCUT2D eigenvalue weighted by Crippen LogP contribution is -1.90. The molecule has 0 atom stereocenters. The van der Waals surface area contributed by atoms with Gasteiger partial charge in [-0.15, -0.1) is 11.3 Å². The molecule has 0 aliphatic rings. The molecule has 0 bridgehead atoms. The predicted molar refractivity (Wildman–Crippen MR) is 102 cm³/mol. The summed E-state index contributed by atoms with van der Waals surface area (Å²) in [6.07, 6.45) is 1.79. The van der Waals surface area contributed by atoms with Crippen molar-refractivity contribution < 1.29 is 4.79 Å². The van der Waals surface area contributed by atoms with Crippen molar-refractivity contribution in [1.29, 1.82) is 0 Å². The van der Waals surface area contributed by atoms with Crippen LogP contribution in [0.3, 0.4) is 0 Å². The summed E-state index contributed by atoms with van der Waals surface area (Å²) < 4.78 is 1.18. The van der Waals surface area contributed by atoms with E-state index < -0.39 is 0 Å². The fourth-order valence-electron chi connectivity index (χ4n) is 3.01. The molecule has 0 spiro atoms. The van der Waals surface area contributed by atoms with Crippen LogP contribution in [0, 0.1) is 0 Å². The zero-order valence-corrected chi connectivity index (χ0v) is 13.9. The van der Waals surface area contributed by atoms with Gasteiger partial charge in [-0.1, -0.05) is 72.8 Å². The van der Waals surface area contributed by atoms with Crippen molar-refractivity contribution in [1.82, 2.24) is 0 Å². The van der Waals surface area contributed by atoms with Crippen LogP contribution in [0.5, 0.6) is 0 Å². The van der Waals surface area contributed by atoms with Crippen LogP contribution in [0.4, 0.5) is 0 Å². The zero-order chi connectivity index (χ0) is 16.4. The third-order valence-corrected chi connectivity index (χ3v) is 5.44.